The largest absolute Gasteiger partial charge is 0.356 e. The van der Waals surface area contributed by atoms with Gasteiger partial charge in [0.2, 0.25) is 0 Å². The highest BCUT2D eigenvalue weighted by Gasteiger charge is 2.22. The molecule has 1 amide bonds. The molecule has 8 heteroatoms. The van der Waals surface area contributed by atoms with Gasteiger partial charge in [0.05, 0.1) is 5.56 Å². The molecule has 33 heavy (non-hydrogen) atoms. The molecule has 0 unspecified atom stereocenters. The Labute approximate surface area is 200 Å². The Bertz CT molecular complexity index is 1240. The van der Waals surface area contributed by atoms with E-state index in [1.807, 2.05) is 4.90 Å². The fourth-order valence-electron chi connectivity index (χ4n) is 3.53. The van der Waals surface area contributed by atoms with Crippen LogP contribution in [-0.2, 0) is 6.42 Å². The van der Waals surface area contributed by atoms with Crippen LogP contribution in [0.5, 0.6) is 0 Å². The molecule has 5 nitrogen and oxygen atoms in total. The number of hydrogen-bond donors (Lipinski definition) is 2. The van der Waals surface area contributed by atoms with Crippen LogP contribution in [-0.4, -0.2) is 35.5 Å². The molecule has 0 bridgehead atoms. The Balaban J connectivity index is 1.53. The number of hydrogen-bond acceptors (Lipinski definition) is 3. The molecular weight excluding hydrogens is 464 g/mol. The van der Waals surface area contributed by atoms with Crippen molar-refractivity contribution in [3.05, 3.63) is 98.8 Å². The monoisotopic (exact) mass is 483 g/mol. The molecule has 3 aromatic rings. The second kappa shape index (κ2) is 9.73. The number of amides is 1. The van der Waals surface area contributed by atoms with Crippen LogP contribution in [0.15, 0.2) is 60.7 Å². The van der Waals surface area contributed by atoms with Crippen molar-refractivity contribution in [1.82, 2.24) is 4.90 Å². The lowest BCUT2D eigenvalue weighted by atomic mass is 9.97. The van der Waals surface area contributed by atoms with E-state index in [0.717, 1.165) is 19.5 Å². The fraction of sp³-hybridized carbons (Fsp3) is 0.160. The summed E-state index contributed by atoms with van der Waals surface area (Å²) in [5.41, 5.74) is 1.52. The third-order valence-corrected chi connectivity index (χ3v) is 5.97. The van der Waals surface area contributed by atoms with Crippen LogP contribution < -0.4 is 5.32 Å². The molecule has 0 radical (unpaired) electrons. The van der Waals surface area contributed by atoms with Crippen molar-refractivity contribution < 1.29 is 14.0 Å². The van der Waals surface area contributed by atoms with Gasteiger partial charge in [0.1, 0.15) is 11.7 Å². The van der Waals surface area contributed by atoms with E-state index >= 15 is 0 Å². The standard InChI is InChI=1S/C25H20Cl2FN3O2/c26-17-5-7-19(8-6-17)30-25(33)21-14-18(27)4-2-15(21)13-23(32)20-9-3-16(12-22(20)28)24(29)31-10-1-11-31/h2-9,12,14,29H,1,10-11,13H2,(H,30,33). The van der Waals surface area contributed by atoms with E-state index in [9.17, 15) is 14.0 Å². The van der Waals surface area contributed by atoms with Crippen LogP contribution in [0.1, 0.15) is 38.3 Å². The molecular formula is C25H20Cl2FN3O2. The van der Waals surface area contributed by atoms with E-state index in [1.54, 1.807) is 42.5 Å². The predicted octanol–water partition coefficient (Wildman–Crippen LogP) is 5.84. The number of anilines is 1. The van der Waals surface area contributed by atoms with Crippen molar-refractivity contribution in [2.45, 2.75) is 12.8 Å². The summed E-state index contributed by atoms with van der Waals surface area (Å²) in [6.07, 6.45) is 0.830. The number of carbonyl (C=O) groups excluding carboxylic acids is 2. The summed E-state index contributed by atoms with van der Waals surface area (Å²) >= 11 is 12.0. The first kappa shape index (κ1) is 23.0. The van der Waals surface area contributed by atoms with Gasteiger partial charge in [0, 0.05) is 46.4 Å². The van der Waals surface area contributed by atoms with Crippen LogP contribution in [0.2, 0.25) is 10.0 Å². The number of halogens is 3. The van der Waals surface area contributed by atoms with Gasteiger partial charge in [-0.2, -0.15) is 0 Å². The van der Waals surface area contributed by atoms with Crippen molar-refractivity contribution in [3.8, 4) is 0 Å². The van der Waals surface area contributed by atoms with Crippen LogP contribution in [0.3, 0.4) is 0 Å². The van der Waals surface area contributed by atoms with Crippen LogP contribution in [0.25, 0.3) is 0 Å². The lowest BCUT2D eigenvalue weighted by Gasteiger charge is -2.33. The van der Waals surface area contributed by atoms with Crippen molar-refractivity contribution >= 4 is 46.4 Å². The van der Waals surface area contributed by atoms with Gasteiger partial charge in [-0.15, -0.1) is 0 Å². The summed E-state index contributed by atoms with van der Waals surface area (Å²) in [6, 6.07) is 15.4. The van der Waals surface area contributed by atoms with Crippen LogP contribution >= 0.6 is 23.2 Å². The summed E-state index contributed by atoms with van der Waals surface area (Å²) in [6.45, 7) is 1.55. The first-order chi connectivity index (χ1) is 15.8. The van der Waals surface area contributed by atoms with Crippen molar-refractivity contribution in [2.75, 3.05) is 18.4 Å². The number of nitrogens with zero attached hydrogens (tertiary/aromatic N) is 1. The molecule has 168 valence electrons. The molecule has 1 aliphatic heterocycles. The van der Waals surface area contributed by atoms with E-state index in [2.05, 4.69) is 5.32 Å². The van der Waals surface area contributed by atoms with Gasteiger partial charge < -0.3 is 10.2 Å². The topological polar surface area (TPSA) is 73.3 Å². The molecule has 1 aliphatic rings. The third-order valence-electron chi connectivity index (χ3n) is 5.48. The van der Waals surface area contributed by atoms with Crippen molar-refractivity contribution in [3.63, 3.8) is 0 Å². The average Bonchev–Trinajstić information content (AvgIpc) is 2.75. The van der Waals surface area contributed by atoms with Gasteiger partial charge in [-0.25, -0.2) is 4.39 Å². The zero-order valence-electron chi connectivity index (χ0n) is 17.5. The zero-order valence-corrected chi connectivity index (χ0v) is 19.0. The van der Waals surface area contributed by atoms with Gasteiger partial charge >= 0.3 is 0 Å². The van der Waals surface area contributed by atoms with Gasteiger partial charge in [-0.05, 0) is 60.5 Å². The Morgan fingerprint density at radius 3 is 2.27 bits per heavy atom. The molecule has 3 aromatic carbocycles. The number of Topliss-reactive ketones (excluding diaryl/α,β-unsaturated/α-hetero) is 1. The maximum atomic E-state index is 14.7. The molecule has 4 rings (SSSR count). The highest BCUT2D eigenvalue weighted by atomic mass is 35.5. The second-order valence-electron chi connectivity index (χ2n) is 7.75. The minimum absolute atomic E-state index is 0.0887. The minimum Gasteiger partial charge on any atom is -0.356 e. The average molecular weight is 484 g/mol. The number of carbonyl (C=O) groups is 2. The molecule has 1 saturated heterocycles. The van der Waals surface area contributed by atoms with E-state index in [0.29, 0.717) is 26.9 Å². The molecule has 0 aliphatic carbocycles. The Morgan fingerprint density at radius 1 is 0.939 bits per heavy atom. The molecule has 2 N–H and O–H groups in total. The molecule has 1 fully saturated rings. The number of amidine groups is 1. The summed E-state index contributed by atoms with van der Waals surface area (Å²) in [5.74, 6) is -1.36. The predicted molar refractivity (Wildman–Crippen MR) is 128 cm³/mol. The number of benzene rings is 3. The number of likely N-dealkylation sites (tertiary alicyclic amines) is 1. The van der Waals surface area contributed by atoms with E-state index < -0.39 is 17.5 Å². The number of rotatable bonds is 6. The third kappa shape index (κ3) is 5.24. The maximum absolute atomic E-state index is 14.7. The van der Waals surface area contributed by atoms with Gasteiger partial charge in [0.25, 0.3) is 5.91 Å². The SMILES string of the molecule is N=C(c1ccc(C(=O)Cc2ccc(Cl)cc2C(=O)Nc2ccc(Cl)cc2)c(F)c1)N1CCC1. The number of ketones is 1. The summed E-state index contributed by atoms with van der Waals surface area (Å²) in [4.78, 5) is 27.6. The van der Waals surface area contributed by atoms with Crippen molar-refractivity contribution in [1.29, 1.82) is 5.41 Å². The molecule has 0 atom stereocenters. The van der Waals surface area contributed by atoms with Crippen molar-refractivity contribution in [2.24, 2.45) is 0 Å². The van der Waals surface area contributed by atoms with E-state index in [1.165, 1.54) is 18.2 Å². The Morgan fingerprint density at radius 2 is 1.64 bits per heavy atom. The van der Waals surface area contributed by atoms with Crippen LogP contribution in [0, 0.1) is 11.2 Å². The van der Waals surface area contributed by atoms with E-state index in [4.69, 9.17) is 28.6 Å². The quantitative estimate of drug-likeness (QED) is 0.262. The zero-order chi connectivity index (χ0) is 23.5. The Kier molecular flexibility index (Phi) is 6.77. The highest BCUT2D eigenvalue weighted by molar-refractivity contribution is 6.31. The molecule has 0 aromatic heterocycles. The van der Waals surface area contributed by atoms with Gasteiger partial charge in [-0.3, -0.25) is 15.0 Å². The summed E-state index contributed by atoms with van der Waals surface area (Å²) < 4.78 is 14.7. The molecule has 1 heterocycles. The normalized spacial score (nSPS) is 12.8. The second-order valence-corrected chi connectivity index (χ2v) is 8.62. The first-order valence-electron chi connectivity index (χ1n) is 10.3. The van der Waals surface area contributed by atoms with Gasteiger partial charge in [-0.1, -0.05) is 35.3 Å². The lowest BCUT2D eigenvalue weighted by molar-refractivity contribution is 0.0988. The Hall–Kier alpha value is -3.22. The first-order valence-corrected chi connectivity index (χ1v) is 11.1. The minimum atomic E-state index is -0.691. The van der Waals surface area contributed by atoms with E-state index in [-0.39, 0.29) is 23.4 Å². The number of nitrogens with one attached hydrogen (secondary N) is 2. The van der Waals surface area contributed by atoms with Gasteiger partial charge in [0.15, 0.2) is 5.78 Å². The smallest absolute Gasteiger partial charge is 0.256 e. The molecule has 0 spiro atoms. The molecule has 0 saturated carbocycles. The van der Waals surface area contributed by atoms with Crippen LogP contribution in [0.4, 0.5) is 10.1 Å². The fourth-order valence-corrected chi connectivity index (χ4v) is 3.82. The lowest BCUT2D eigenvalue weighted by Crippen LogP contribution is -2.42. The highest BCUT2D eigenvalue weighted by Crippen LogP contribution is 2.22. The summed E-state index contributed by atoms with van der Waals surface area (Å²) in [7, 11) is 0. The summed E-state index contributed by atoms with van der Waals surface area (Å²) in [5, 5.41) is 11.8. The maximum Gasteiger partial charge on any atom is 0.256 e.